The van der Waals surface area contributed by atoms with E-state index in [9.17, 15) is 0 Å². The van der Waals surface area contributed by atoms with Crippen molar-refractivity contribution < 1.29 is 4.74 Å². The van der Waals surface area contributed by atoms with Gasteiger partial charge in [0.1, 0.15) is 0 Å². The summed E-state index contributed by atoms with van der Waals surface area (Å²) >= 11 is 0. The Bertz CT molecular complexity index is 148. The zero-order valence-electron chi connectivity index (χ0n) is 13.0. The second-order valence-corrected chi connectivity index (χ2v) is 5.50. The van der Waals surface area contributed by atoms with Crippen molar-refractivity contribution in [3.63, 3.8) is 0 Å². The fraction of sp³-hybridized carbons (Fsp3) is 1.00. The second kappa shape index (κ2) is 15.0. The summed E-state index contributed by atoms with van der Waals surface area (Å²) in [6.45, 7) is 9.63. The van der Waals surface area contributed by atoms with Gasteiger partial charge in [0.2, 0.25) is 0 Å². The lowest BCUT2D eigenvalue weighted by atomic mass is 10.1. The van der Waals surface area contributed by atoms with Crippen LogP contribution >= 0.6 is 0 Å². The first kappa shape index (κ1) is 17.9. The fourth-order valence-corrected chi connectivity index (χ4v) is 2.03. The van der Waals surface area contributed by atoms with Crippen molar-refractivity contribution in [2.75, 3.05) is 19.7 Å². The van der Waals surface area contributed by atoms with Crippen LogP contribution in [0, 0.1) is 0 Å². The van der Waals surface area contributed by atoms with Gasteiger partial charge in [-0.2, -0.15) is 0 Å². The lowest BCUT2D eigenvalue weighted by Gasteiger charge is -2.08. The molecule has 0 aliphatic heterocycles. The van der Waals surface area contributed by atoms with Gasteiger partial charge in [0.05, 0.1) is 6.10 Å². The van der Waals surface area contributed by atoms with Gasteiger partial charge in [-0.15, -0.1) is 0 Å². The zero-order chi connectivity index (χ0) is 13.5. The van der Waals surface area contributed by atoms with E-state index in [0.29, 0.717) is 6.10 Å². The largest absolute Gasteiger partial charge is 0.379 e. The topological polar surface area (TPSA) is 21.3 Å². The van der Waals surface area contributed by atoms with Crippen molar-refractivity contribution in [1.29, 1.82) is 0 Å². The van der Waals surface area contributed by atoms with E-state index in [4.69, 9.17) is 4.74 Å². The second-order valence-electron chi connectivity index (χ2n) is 5.50. The van der Waals surface area contributed by atoms with Gasteiger partial charge in [0.25, 0.3) is 0 Å². The Morgan fingerprint density at radius 3 is 1.94 bits per heavy atom. The van der Waals surface area contributed by atoms with Crippen LogP contribution in [0.25, 0.3) is 0 Å². The Morgan fingerprint density at radius 2 is 1.33 bits per heavy atom. The monoisotopic (exact) mass is 257 g/mol. The fourth-order valence-electron chi connectivity index (χ4n) is 2.03. The molecule has 0 bridgehead atoms. The van der Waals surface area contributed by atoms with Gasteiger partial charge in [-0.25, -0.2) is 0 Å². The third kappa shape index (κ3) is 15.9. The molecule has 110 valence electrons. The molecular formula is C16H35NO. The van der Waals surface area contributed by atoms with E-state index < -0.39 is 0 Å². The average molecular weight is 257 g/mol. The van der Waals surface area contributed by atoms with Crippen LogP contribution in [0.1, 0.15) is 78.6 Å². The maximum absolute atomic E-state index is 5.49. The molecule has 0 heterocycles. The summed E-state index contributed by atoms with van der Waals surface area (Å²) in [6, 6.07) is 0. The van der Waals surface area contributed by atoms with E-state index in [0.717, 1.165) is 19.6 Å². The van der Waals surface area contributed by atoms with E-state index in [-0.39, 0.29) is 0 Å². The Labute approximate surface area is 115 Å². The minimum Gasteiger partial charge on any atom is -0.379 e. The Kier molecular flexibility index (Phi) is 14.9. The van der Waals surface area contributed by atoms with Crippen LogP contribution in [-0.2, 0) is 4.74 Å². The Morgan fingerprint density at radius 1 is 0.778 bits per heavy atom. The summed E-state index contributed by atoms with van der Waals surface area (Å²) in [4.78, 5) is 0. The van der Waals surface area contributed by atoms with Crippen molar-refractivity contribution in [2.45, 2.75) is 84.7 Å². The molecule has 0 amide bonds. The summed E-state index contributed by atoms with van der Waals surface area (Å²) in [5, 5.41) is 3.49. The minimum atomic E-state index is 0.373. The predicted molar refractivity (Wildman–Crippen MR) is 81.2 cm³/mol. The highest BCUT2D eigenvalue weighted by molar-refractivity contribution is 4.51. The number of rotatable bonds is 14. The van der Waals surface area contributed by atoms with Crippen LogP contribution in [0.4, 0.5) is 0 Å². The minimum absolute atomic E-state index is 0.373. The molecule has 0 fully saturated rings. The van der Waals surface area contributed by atoms with Crippen LogP contribution in [0.2, 0.25) is 0 Å². The van der Waals surface area contributed by atoms with E-state index in [1.54, 1.807) is 0 Å². The number of ether oxygens (including phenoxy) is 1. The smallest absolute Gasteiger partial charge is 0.0518 e. The molecule has 0 atom stereocenters. The highest BCUT2D eigenvalue weighted by Crippen LogP contribution is 2.07. The molecule has 0 aromatic heterocycles. The van der Waals surface area contributed by atoms with Gasteiger partial charge >= 0.3 is 0 Å². The third-order valence-electron chi connectivity index (χ3n) is 3.16. The molecule has 0 saturated heterocycles. The molecule has 2 nitrogen and oxygen atoms in total. The highest BCUT2D eigenvalue weighted by Gasteiger charge is 1.94. The summed E-state index contributed by atoms with van der Waals surface area (Å²) in [6.07, 6.45) is 12.7. The summed E-state index contributed by atoms with van der Waals surface area (Å²) in [5.41, 5.74) is 0. The van der Waals surface area contributed by atoms with E-state index in [1.807, 2.05) is 0 Å². The quantitative estimate of drug-likeness (QED) is 0.462. The van der Waals surface area contributed by atoms with E-state index in [2.05, 4.69) is 26.1 Å². The van der Waals surface area contributed by atoms with Gasteiger partial charge in [-0.1, -0.05) is 51.9 Å². The first-order valence-corrected chi connectivity index (χ1v) is 8.09. The van der Waals surface area contributed by atoms with Crippen molar-refractivity contribution in [2.24, 2.45) is 0 Å². The first-order chi connectivity index (χ1) is 8.77. The average Bonchev–Trinajstić information content (AvgIpc) is 2.34. The maximum Gasteiger partial charge on any atom is 0.0518 e. The Balaban J connectivity index is 2.90. The van der Waals surface area contributed by atoms with Crippen LogP contribution < -0.4 is 5.32 Å². The van der Waals surface area contributed by atoms with E-state index >= 15 is 0 Å². The van der Waals surface area contributed by atoms with Crippen molar-refractivity contribution in [3.8, 4) is 0 Å². The molecule has 0 aliphatic rings. The molecular weight excluding hydrogens is 222 g/mol. The SMILES string of the molecule is CCCCCCCCCCNCCCOC(C)C. The van der Waals surface area contributed by atoms with Gasteiger partial charge < -0.3 is 10.1 Å². The normalized spacial score (nSPS) is 11.3. The molecule has 0 aromatic carbocycles. The standard InChI is InChI=1S/C16H35NO/c1-4-5-6-7-8-9-10-11-13-17-14-12-15-18-16(2)3/h16-17H,4-15H2,1-3H3. The van der Waals surface area contributed by atoms with Crippen LogP contribution in [0.3, 0.4) is 0 Å². The van der Waals surface area contributed by atoms with Crippen LogP contribution in [0.5, 0.6) is 0 Å². The molecule has 0 aliphatic carbocycles. The molecule has 0 unspecified atom stereocenters. The zero-order valence-corrected chi connectivity index (χ0v) is 13.0. The lowest BCUT2D eigenvalue weighted by molar-refractivity contribution is 0.0771. The molecule has 2 heteroatoms. The van der Waals surface area contributed by atoms with Crippen LogP contribution in [0.15, 0.2) is 0 Å². The van der Waals surface area contributed by atoms with Crippen molar-refractivity contribution in [1.82, 2.24) is 5.32 Å². The number of hydrogen-bond donors (Lipinski definition) is 1. The molecule has 18 heavy (non-hydrogen) atoms. The molecule has 1 N–H and O–H groups in total. The molecule has 0 radical (unpaired) electrons. The van der Waals surface area contributed by atoms with Gasteiger partial charge in [-0.3, -0.25) is 0 Å². The molecule has 0 saturated carbocycles. The predicted octanol–water partition coefficient (Wildman–Crippen LogP) is 4.53. The number of unbranched alkanes of at least 4 members (excludes halogenated alkanes) is 7. The highest BCUT2D eigenvalue weighted by atomic mass is 16.5. The first-order valence-electron chi connectivity index (χ1n) is 8.09. The van der Waals surface area contributed by atoms with Crippen molar-refractivity contribution >= 4 is 0 Å². The van der Waals surface area contributed by atoms with Gasteiger partial charge in [-0.05, 0) is 39.8 Å². The summed E-state index contributed by atoms with van der Waals surface area (Å²) < 4.78 is 5.49. The summed E-state index contributed by atoms with van der Waals surface area (Å²) in [7, 11) is 0. The van der Waals surface area contributed by atoms with Gasteiger partial charge in [0, 0.05) is 6.61 Å². The molecule has 0 rings (SSSR count). The lowest BCUT2D eigenvalue weighted by Crippen LogP contribution is -2.18. The Hall–Kier alpha value is -0.0800. The molecule has 0 spiro atoms. The summed E-state index contributed by atoms with van der Waals surface area (Å²) in [5.74, 6) is 0. The van der Waals surface area contributed by atoms with Gasteiger partial charge in [0.15, 0.2) is 0 Å². The number of hydrogen-bond acceptors (Lipinski definition) is 2. The maximum atomic E-state index is 5.49. The van der Waals surface area contributed by atoms with E-state index in [1.165, 1.54) is 57.9 Å². The van der Waals surface area contributed by atoms with Crippen molar-refractivity contribution in [3.05, 3.63) is 0 Å². The third-order valence-corrected chi connectivity index (χ3v) is 3.16. The van der Waals surface area contributed by atoms with Crippen LogP contribution in [-0.4, -0.2) is 25.8 Å². The number of nitrogens with one attached hydrogen (secondary N) is 1. The molecule has 0 aromatic rings.